The molecule has 1 aliphatic heterocycles. The van der Waals surface area contributed by atoms with Crippen molar-refractivity contribution in [2.24, 2.45) is 5.10 Å². The highest BCUT2D eigenvalue weighted by Gasteiger charge is 2.36. The van der Waals surface area contributed by atoms with Crippen molar-refractivity contribution in [3.63, 3.8) is 0 Å². The molecule has 0 bridgehead atoms. The number of aliphatic carboxylic acids is 1. The van der Waals surface area contributed by atoms with E-state index in [-0.39, 0.29) is 24.8 Å². The van der Waals surface area contributed by atoms with E-state index in [9.17, 15) is 9.59 Å². The van der Waals surface area contributed by atoms with Crippen molar-refractivity contribution in [3.05, 3.63) is 94.8 Å². The van der Waals surface area contributed by atoms with Gasteiger partial charge in [-0.2, -0.15) is 10.2 Å². The van der Waals surface area contributed by atoms with Gasteiger partial charge in [-0.25, -0.2) is 9.69 Å². The molecule has 0 aliphatic carbocycles. The summed E-state index contributed by atoms with van der Waals surface area (Å²) in [5, 5.41) is 22.1. The summed E-state index contributed by atoms with van der Waals surface area (Å²) < 4.78 is 1.82. The molecule has 1 amide bonds. The number of rotatable bonds is 7. The third-order valence-electron chi connectivity index (χ3n) is 5.69. The van der Waals surface area contributed by atoms with Crippen LogP contribution in [-0.2, 0) is 9.59 Å². The lowest BCUT2D eigenvalue weighted by Crippen LogP contribution is -2.27. The molecule has 0 radical (unpaired) electrons. The van der Waals surface area contributed by atoms with Gasteiger partial charge in [-0.05, 0) is 23.6 Å². The van der Waals surface area contributed by atoms with Crippen molar-refractivity contribution in [1.29, 1.82) is 0 Å². The Morgan fingerprint density at radius 3 is 2.38 bits per heavy atom. The van der Waals surface area contributed by atoms with E-state index in [2.05, 4.69) is 5.10 Å². The SMILES string of the molecule is O=C(O)CCC(=O)N1N=C(c2cccs2)C[C@@H]1c1cn(-c2ccccc2)nc1-c1ccccc1. The number of carbonyl (C=O) groups excluding carboxylic acids is 1. The lowest BCUT2D eigenvalue weighted by molar-refractivity contribution is -0.141. The van der Waals surface area contributed by atoms with E-state index in [1.165, 1.54) is 5.01 Å². The fourth-order valence-corrected chi connectivity index (χ4v) is 4.79. The van der Waals surface area contributed by atoms with Crippen LogP contribution in [0.25, 0.3) is 16.9 Å². The average molecular weight is 471 g/mol. The van der Waals surface area contributed by atoms with Gasteiger partial charge in [0.15, 0.2) is 0 Å². The monoisotopic (exact) mass is 470 g/mol. The first-order valence-electron chi connectivity index (χ1n) is 11.0. The van der Waals surface area contributed by atoms with E-state index in [4.69, 9.17) is 10.2 Å². The standard InChI is InChI=1S/C26H22N4O3S/c31-24(13-14-25(32)33)30-22(16-21(27-30)23-12-7-15-34-23)20-17-29(19-10-5-2-6-11-19)28-26(20)18-8-3-1-4-9-18/h1-12,15,17,22H,13-14,16H2,(H,32,33)/t22-/m1/s1. The van der Waals surface area contributed by atoms with Gasteiger partial charge in [0, 0.05) is 30.2 Å². The second-order valence-electron chi connectivity index (χ2n) is 7.96. The van der Waals surface area contributed by atoms with E-state index < -0.39 is 5.97 Å². The molecule has 3 heterocycles. The molecular formula is C26H22N4O3S. The minimum atomic E-state index is -1.01. The molecule has 0 saturated heterocycles. The van der Waals surface area contributed by atoms with Crippen molar-refractivity contribution in [1.82, 2.24) is 14.8 Å². The normalized spacial score (nSPS) is 15.4. The number of benzene rings is 2. The summed E-state index contributed by atoms with van der Waals surface area (Å²) in [7, 11) is 0. The van der Waals surface area contributed by atoms with Crippen LogP contribution in [-0.4, -0.2) is 37.5 Å². The van der Waals surface area contributed by atoms with Crippen LogP contribution in [0.15, 0.2) is 89.5 Å². The van der Waals surface area contributed by atoms with Crippen LogP contribution in [0.4, 0.5) is 0 Å². The molecule has 7 nitrogen and oxygen atoms in total. The van der Waals surface area contributed by atoms with Crippen molar-refractivity contribution in [2.75, 3.05) is 0 Å². The number of amides is 1. The molecule has 0 saturated carbocycles. The first-order chi connectivity index (χ1) is 16.6. The molecule has 2 aromatic heterocycles. The highest BCUT2D eigenvalue weighted by Crippen LogP contribution is 2.39. The highest BCUT2D eigenvalue weighted by molar-refractivity contribution is 7.12. The van der Waals surface area contributed by atoms with Gasteiger partial charge in [0.1, 0.15) is 0 Å². The third-order valence-corrected chi connectivity index (χ3v) is 6.61. The van der Waals surface area contributed by atoms with Gasteiger partial charge in [0.05, 0.1) is 34.4 Å². The zero-order chi connectivity index (χ0) is 23.5. The maximum Gasteiger partial charge on any atom is 0.303 e. The molecule has 8 heteroatoms. The summed E-state index contributed by atoms with van der Waals surface area (Å²) in [6, 6.07) is 23.2. The van der Waals surface area contributed by atoms with Crippen LogP contribution in [0.3, 0.4) is 0 Å². The number of hydrogen-bond acceptors (Lipinski definition) is 5. The molecule has 1 aliphatic rings. The summed E-state index contributed by atoms with van der Waals surface area (Å²) in [5.41, 5.74) is 4.30. The second-order valence-corrected chi connectivity index (χ2v) is 8.90. The Morgan fingerprint density at radius 2 is 1.71 bits per heavy atom. The summed E-state index contributed by atoms with van der Waals surface area (Å²) in [6.45, 7) is 0. The molecule has 0 unspecified atom stereocenters. The topological polar surface area (TPSA) is 87.8 Å². The minimum absolute atomic E-state index is 0.111. The van der Waals surface area contributed by atoms with E-state index in [0.29, 0.717) is 6.42 Å². The van der Waals surface area contributed by atoms with Crippen molar-refractivity contribution in [2.45, 2.75) is 25.3 Å². The summed E-state index contributed by atoms with van der Waals surface area (Å²) in [5.74, 6) is -1.32. The first-order valence-corrected chi connectivity index (χ1v) is 11.8. The summed E-state index contributed by atoms with van der Waals surface area (Å²) in [4.78, 5) is 25.2. The molecule has 1 N–H and O–H groups in total. The Kier molecular flexibility index (Phi) is 6.05. The van der Waals surface area contributed by atoms with Crippen LogP contribution in [0.5, 0.6) is 0 Å². The minimum Gasteiger partial charge on any atom is -0.481 e. The number of nitrogens with zero attached hydrogens (tertiary/aromatic N) is 4. The van der Waals surface area contributed by atoms with Crippen molar-refractivity contribution in [3.8, 4) is 16.9 Å². The van der Waals surface area contributed by atoms with Gasteiger partial charge in [0.25, 0.3) is 0 Å². The van der Waals surface area contributed by atoms with Gasteiger partial charge in [-0.15, -0.1) is 11.3 Å². The van der Waals surface area contributed by atoms with E-state index in [1.54, 1.807) is 11.3 Å². The zero-order valence-corrected chi connectivity index (χ0v) is 19.1. The zero-order valence-electron chi connectivity index (χ0n) is 18.2. The van der Waals surface area contributed by atoms with Gasteiger partial charge < -0.3 is 5.11 Å². The molecule has 1 atom stereocenters. The predicted molar refractivity (Wildman–Crippen MR) is 131 cm³/mol. The number of thiophene rings is 1. The van der Waals surface area contributed by atoms with E-state index >= 15 is 0 Å². The highest BCUT2D eigenvalue weighted by atomic mass is 32.1. The Bertz CT molecular complexity index is 1330. The molecule has 34 heavy (non-hydrogen) atoms. The Balaban J connectivity index is 1.59. The Morgan fingerprint density at radius 1 is 0.971 bits per heavy atom. The second kappa shape index (κ2) is 9.44. The quantitative estimate of drug-likeness (QED) is 0.405. The summed E-state index contributed by atoms with van der Waals surface area (Å²) >= 11 is 1.57. The fourth-order valence-electron chi connectivity index (χ4n) is 4.07. The molecule has 2 aromatic carbocycles. The Hall–Kier alpha value is -4.04. The maximum absolute atomic E-state index is 13.1. The number of para-hydroxylation sites is 1. The van der Waals surface area contributed by atoms with E-state index in [1.807, 2.05) is 89.1 Å². The summed E-state index contributed by atoms with van der Waals surface area (Å²) in [6.07, 6.45) is 2.13. The largest absolute Gasteiger partial charge is 0.481 e. The van der Waals surface area contributed by atoms with Crippen molar-refractivity contribution < 1.29 is 14.7 Å². The molecular weight excluding hydrogens is 448 g/mol. The number of carboxylic acids is 1. The molecule has 170 valence electrons. The lowest BCUT2D eigenvalue weighted by atomic mass is 9.98. The molecule has 5 rings (SSSR count). The van der Waals surface area contributed by atoms with E-state index in [0.717, 1.165) is 33.1 Å². The molecule has 0 fully saturated rings. The van der Waals surface area contributed by atoms with Gasteiger partial charge in [0.2, 0.25) is 5.91 Å². The third kappa shape index (κ3) is 4.40. The number of hydrazone groups is 1. The number of hydrogen-bond donors (Lipinski definition) is 1. The van der Waals surface area contributed by atoms with Crippen LogP contribution < -0.4 is 0 Å². The lowest BCUT2D eigenvalue weighted by Gasteiger charge is -2.21. The fraction of sp³-hybridized carbons (Fsp3) is 0.154. The predicted octanol–water partition coefficient (Wildman–Crippen LogP) is 5.14. The van der Waals surface area contributed by atoms with Crippen LogP contribution in [0, 0.1) is 0 Å². The number of carbonyl (C=O) groups is 2. The maximum atomic E-state index is 13.1. The van der Waals surface area contributed by atoms with Gasteiger partial charge >= 0.3 is 5.97 Å². The van der Waals surface area contributed by atoms with Crippen LogP contribution in [0.2, 0.25) is 0 Å². The van der Waals surface area contributed by atoms with Crippen LogP contribution >= 0.6 is 11.3 Å². The number of aromatic nitrogens is 2. The molecule has 0 spiro atoms. The smallest absolute Gasteiger partial charge is 0.303 e. The Labute approximate surface area is 200 Å². The average Bonchev–Trinajstić information content (AvgIpc) is 3.62. The van der Waals surface area contributed by atoms with Crippen LogP contribution in [0.1, 0.15) is 35.7 Å². The van der Waals surface area contributed by atoms with Gasteiger partial charge in [-0.3, -0.25) is 9.59 Å². The van der Waals surface area contributed by atoms with Crippen molar-refractivity contribution >= 4 is 28.9 Å². The number of carboxylic acid groups (broad SMARTS) is 1. The van der Waals surface area contributed by atoms with Gasteiger partial charge in [-0.1, -0.05) is 54.6 Å². The molecule has 4 aromatic rings. The first kappa shape index (κ1) is 21.8.